The molecule has 4 aliphatic rings. The van der Waals surface area contributed by atoms with Gasteiger partial charge in [-0.05, 0) is 69.2 Å². The van der Waals surface area contributed by atoms with Crippen molar-refractivity contribution in [2.45, 2.75) is 44.6 Å². The summed E-state index contributed by atoms with van der Waals surface area (Å²) >= 11 is 0. The summed E-state index contributed by atoms with van der Waals surface area (Å²) in [4.78, 5) is 47.0. The Labute approximate surface area is 213 Å². The second kappa shape index (κ2) is 10.8. The number of likely N-dealkylation sites (tertiary alicyclic amines) is 1. The van der Waals surface area contributed by atoms with Gasteiger partial charge in [0.1, 0.15) is 5.54 Å². The molecule has 1 N–H and O–H groups in total. The number of ether oxygens (including phenoxy) is 1. The van der Waals surface area contributed by atoms with Crippen molar-refractivity contribution < 1.29 is 19.1 Å². The first-order chi connectivity index (χ1) is 17.5. The second-order valence-corrected chi connectivity index (χ2v) is 10.7. The van der Waals surface area contributed by atoms with E-state index in [0.717, 1.165) is 26.2 Å². The zero-order valence-electron chi connectivity index (χ0n) is 21.4. The molecule has 4 fully saturated rings. The number of hydrogen-bond acceptors (Lipinski definition) is 6. The van der Waals surface area contributed by atoms with Gasteiger partial charge in [0.05, 0.1) is 13.2 Å². The van der Waals surface area contributed by atoms with E-state index in [1.165, 1.54) is 29.8 Å². The topological polar surface area (TPSA) is 85.4 Å². The van der Waals surface area contributed by atoms with Crippen LogP contribution in [0, 0.1) is 5.92 Å². The Balaban J connectivity index is 1.14. The van der Waals surface area contributed by atoms with Crippen LogP contribution in [0.5, 0.6) is 0 Å². The Morgan fingerprint density at radius 3 is 2.28 bits per heavy atom. The fourth-order valence-electron chi connectivity index (χ4n) is 6.07. The van der Waals surface area contributed by atoms with Crippen LogP contribution in [0.25, 0.3) is 0 Å². The fourth-order valence-corrected chi connectivity index (χ4v) is 6.07. The summed E-state index contributed by atoms with van der Waals surface area (Å²) in [5, 5.41) is 2.99. The molecule has 196 valence electrons. The molecular weight excluding hydrogens is 458 g/mol. The molecule has 1 atom stereocenters. The Hall–Kier alpha value is -2.65. The van der Waals surface area contributed by atoms with Crippen LogP contribution < -0.4 is 10.2 Å². The standard InChI is InChI=1S/C27H39N5O4/c1-27(25(34)32(26(35)28-27)16-15-29-17-19-36-20-18-29)22-9-13-31(14-10-22)24(33)21-5-7-23(8-6-21)30-11-3-2-4-12-30/h5-8,22H,2-4,9-20H2,1H3,(H,28,35). The molecule has 0 aliphatic carbocycles. The van der Waals surface area contributed by atoms with Gasteiger partial charge >= 0.3 is 6.03 Å². The van der Waals surface area contributed by atoms with Gasteiger partial charge in [-0.25, -0.2) is 4.79 Å². The van der Waals surface area contributed by atoms with Crippen LogP contribution in [-0.4, -0.2) is 104 Å². The molecule has 4 amide bonds. The minimum atomic E-state index is -0.909. The highest BCUT2D eigenvalue weighted by Crippen LogP contribution is 2.34. The van der Waals surface area contributed by atoms with E-state index in [1.54, 1.807) is 0 Å². The van der Waals surface area contributed by atoms with Gasteiger partial charge in [0.15, 0.2) is 0 Å². The van der Waals surface area contributed by atoms with E-state index in [0.29, 0.717) is 57.8 Å². The summed E-state index contributed by atoms with van der Waals surface area (Å²) < 4.78 is 5.38. The van der Waals surface area contributed by atoms with E-state index in [2.05, 4.69) is 27.2 Å². The molecule has 0 saturated carbocycles. The zero-order chi connectivity index (χ0) is 25.1. The van der Waals surface area contributed by atoms with Crippen molar-refractivity contribution in [2.24, 2.45) is 5.92 Å². The highest BCUT2D eigenvalue weighted by Gasteiger charge is 2.52. The molecule has 4 heterocycles. The maximum absolute atomic E-state index is 13.3. The number of imide groups is 1. The van der Waals surface area contributed by atoms with E-state index in [-0.39, 0.29) is 23.8 Å². The number of rotatable bonds is 6. The van der Waals surface area contributed by atoms with E-state index in [1.807, 2.05) is 24.0 Å². The molecule has 1 unspecified atom stereocenters. The van der Waals surface area contributed by atoms with Gasteiger partial charge in [-0.2, -0.15) is 0 Å². The van der Waals surface area contributed by atoms with E-state index in [9.17, 15) is 14.4 Å². The number of amides is 4. The molecule has 9 heteroatoms. The second-order valence-electron chi connectivity index (χ2n) is 10.7. The van der Waals surface area contributed by atoms with Crippen LogP contribution in [0.4, 0.5) is 10.5 Å². The lowest BCUT2D eigenvalue weighted by molar-refractivity contribution is -0.133. The molecule has 1 aromatic carbocycles. The number of nitrogens with one attached hydrogen (secondary N) is 1. The van der Waals surface area contributed by atoms with Crippen LogP contribution in [0.3, 0.4) is 0 Å². The highest BCUT2D eigenvalue weighted by atomic mass is 16.5. The first-order valence-corrected chi connectivity index (χ1v) is 13.5. The largest absolute Gasteiger partial charge is 0.379 e. The average Bonchev–Trinajstić information content (AvgIpc) is 3.16. The van der Waals surface area contributed by atoms with Gasteiger partial charge in [-0.1, -0.05) is 0 Å². The third-order valence-electron chi connectivity index (χ3n) is 8.48. The summed E-state index contributed by atoms with van der Waals surface area (Å²) in [6.07, 6.45) is 5.13. The molecule has 0 bridgehead atoms. The lowest BCUT2D eigenvalue weighted by Crippen LogP contribution is -2.54. The molecule has 36 heavy (non-hydrogen) atoms. The quantitative estimate of drug-likeness (QED) is 0.607. The fraction of sp³-hybridized carbons (Fsp3) is 0.667. The summed E-state index contributed by atoms with van der Waals surface area (Å²) in [7, 11) is 0. The Morgan fingerprint density at radius 2 is 1.61 bits per heavy atom. The maximum atomic E-state index is 13.3. The number of nitrogens with zero attached hydrogens (tertiary/aromatic N) is 4. The third-order valence-corrected chi connectivity index (χ3v) is 8.48. The molecule has 9 nitrogen and oxygen atoms in total. The van der Waals surface area contributed by atoms with Crippen molar-refractivity contribution in [3.05, 3.63) is 29.8 Å². The lowest BCUT2D eigenvalue weighted by atomic mass is 9.78. The summed E-state index contributed by atoms with van der Waals surface area (Å²) in [5.74, 6) is -0.0931. The summed E-state index contributed by atoms with van der Waals surface area (Å²) in [5.41, 5.74) is 0.986. The van der Waals surface area contributed by atoms with Crippen molar-refractivity contribution >= 4 is 23.5 Å². The normalized spacial score (nSPS) is 26.4. The van der Waals surface area contributed by atoms with Gasteiger partial charge < -0.3 is 19.9 Å². The Morgan fingerprint density at radius 1 is 0.944 bits per heavy atom. The van der Waals surface area contributed by atoms with Crippen molar-refractivity contribution in [3.8, 4) is 0 Å². The SMILES string of the molecule is CC1(C2CCN(C(=O)c3ccc(N4CCCCC4)cc3)CC2)NC(=O)N(CCN2CCOCC2)C1=O. The number of carbonyl (C=O) groups is 3. The van der Waals surface area contributed by atoms with Gasteiger partial charge in [0, 0.05) is 63.6 Å². The number of hydrogen-bond donors (Lipinski definition) is 1. The van der Waals surface area contributed by atoms with Gasteiger partial charge in [-0.15, -0.1) is 0 Å². The first kappa shape index (κ1) is 25.0. The molecule has 1 aromatic rings. The van der Waals surface area contributed by atoms with Gasteiger partial charge in [0.25, 0.3) is 11.8 Å². The average molecular weight is 498 g/mol. The van der Waals surface area contributed by atoms with Crippen molar-refractivity contribution in [1.29, 1.82) is 0 Å². The predicted octanol–water partition coefficient (Wildman–Crippen LogP) is 2.17. The van der Waals surface area contributed by atoms with E-state index < -0.39 is 5.54 Å². The zero-order valence-corrected chi connectivity index (χ0v) is 21.4. The third kappa shape index (κ3) is 5.09. The van der Waals surface area contributed by atoms with Crippen LogP contribution in [0.15, 0.2) is 24.3 Å². The number of morpholine rings is 1. The number of anilines is 1. The summed E-state index contributed by atoms with van der Waals surface area (Å²) in [6.45, 7) is 9.29. The molecular formula is C27H39N5O4. The highest BCUT2D eigenvalue weighted by molar-refractivity contribution is 6.07. The Kier molecular flexibility index (Phi) is 7.48. The Bertz CT molecular complexity index is 949. The first-order valence-electron chi connectivity index (χ1n) is 13.5. The smallest absolute Gasteiger partial charge is 0.325 e. The lowest BCUT2D eigenvalue weighted by Gasteiger charge is -2.39. The number of piperidine rings is 2. The molecule has 0 radical (unpaired) electrons. The molecule has 4 saturated heterocycles. The van der Waals surface area contributed by atoms with Crippen LogP contribution in [0.1, 0.15) is 49.4 Å². The van der Waals surface area contributed by atoms with E-state index in [4.69, 9.17) is 4.74 Å². The number of benzene rings is 1. The monoisotopic (exact) mass is 497 g/mol. The molecule has 0 spiro atoms. The van der Waals surface area contributed by atoms with Gasteiger partial charge in [0.2, 0.25) is 0 Å². The van der Waals surface area contributed by atoms with Gasteiger partial charge in [-0.3, -0.25) is 19.4 Å². The predicted molar refractivity (Wildman–Crippen MR) is 137 cm³/mol. The van der Waals surface area contributed by atoms with Crippen molar-refractivity contribution in [2.75, 3.05) is 70.5 Å². The number of carbonyl (C=O) groups excluding carboxylic acids is 3. The molecule has 5 rings (SSSR count). The van der Waals surface area contributed by atoms with Crippen molar-refractivity contribution in [3.63, 3.8) is 0 Å². The van der Waals surface area contributed by atoms with Crippen LogP contribution in [0.2, 0.25) is 0 Å². The number of urea groups is 1. The molecule has 0 aromatic heterocycles. The van der Waals surface area contributed by atoms with Crippen LogP contribution in [-0.2, 0) is 9.53 Å². The van der Waals surface area contributed by atoms with Crippen molar-refractivity contribution in [1.82, 2.24) is 20.0 Å². The minimum absolute atomic E-state index is 0.00728. The van der Waals surface area contributed by atoms with E-state index >= 15 is 0 Å². The molecule has 4 aliphatic heterocycles. The maximum Gasteiger partial charge on any atom is 0.325 e. The van der Waals surface area contributed by atoms with Crippen LogP contribution >= 0.6 is 0 Å². The minimum Gasteiger partial charge on any atom is -0.379 e. The summed E-state index contributed by atoms with van der Waals surface area (Å²) in [6, 6.07) is 7.69.